The summed E-state index contributed by atoms with van der Waals surface area (Å²) < 4.78 is 25.6. The molecule has 0 bridgehead atoms. The van der Waals surface area contributed by atoms with E-state index in [0.717, 1.165) is 25.0 Å². The van der Waals surface area contributed by atoms with Gasteiger partial charge in [0.1, 0.15) is 0 Å². The third kappa shape index (κ3) is 5.59. The van der Waals surface area contributed by atoms with E-state index in [1.165, 1.54) is 6.07 Å². The number of aliphatic carboxylic acids is 1. The third-order valence-corrected chi connectivity index (χ3v) is 2.79. The topological polar surface area (TPSA) is 54.4 Å². The van der Waals surface area contributed by atoms with Gasteiger partial charge in [0.05, 0.1) is 0 Å². The summed E-state index contributed by atoms with van der Waals surface area (Å²) in [5.74, 6) is -3.03. The number of hydrogen-bond acceptors (Lipinski definition) is 2. The highest BCUT2D eigenvalue weighted by atomic mass is 19.2. The molecule has 1 N–H and O–H groups in total. The zero-order chi connectivity index (χ0) is 14.3. The predicted molar refractivity (Wildman–Crippen MR) is 66.0 cm³/mol. The zero-order valence-electron chi connectivity index (χ0n) is 10.5. The second-order valence-electron chi connectivity index (χ2n) is 4.36. The average Bonchev–Trinajstić information content (AvgIpc) is 2.36. The molecule has 0 aromatic heterocycles. The van der Waals surface area contributed by atoms with Crippen molar-refractivity contribution in [3.8, 4) is 0 Å². The Morgan fingerprint density at radius 3 is 2.16 bits per heavy atom. The third-order valence-electron chi connectivity index (χ3n) is 2.79. The maximum atomic E-state index is 12.9. The largest absolute Gasteiger partial charge is 0.481 e. The van der Waals surface area contributed by atoms with Crippen LogP contribution in [0.1, 0.15) is 48.9 Å². The number of halogens is 2. The highest BCUT2D eigenvalue weighted by molar-refractivity contribution is 5.95. The van der Waals surface area contributed by atoms with Crippen LogP contribution in [-0.4, -0.2) is 16.9 Å². The molecule has 0 spiro atoms. The normalized spacial score (nSPS) is 10.4. The van der Waals surface area contributed by atoms with Crippen molar-refractivity contribution in [2.75, 3.05) is 0 Å². The Kier molecular flexibility index (Phi) is 6.12. The Labute approximate surface area is 110 Å². The molecular weight excluding hydrogens is 254 g/mol. The van der Waals surface area contributed by atoms with Crippen molar-refractivity contribution in [1.29, 1.82) is 0 Å². The van der Waals surface area contributed by atoms with Crippen LogP contribution < -0.4 is 0 Å². The minimum atomic E-state index is -1.02. The molecule has 104 valence electrons. The lowest BCUT2D eigenvalue weighted by molar-refractivity contribution is -0.137. The molecule has 1 rings (SSSR count). The predicted octanol–water partition coefficient (Wildman–Crippen LogP) is 3.57. The number of carbonyl (C=O) groups is 2. The first-order valence-corrected chi connectivity index (χ1v) is 6.20. The van der Waals surface area contributed by atoms with Gasteiger partial charge in [0, 0.05) is 18.4 Å². The number of benzene rings is 1. The van der Waals surface area contributed by atoms with Crippen LogP contribution >= 0.6 is 0 Å². The lowest BCUT2D eigenvalue weighted by Crippen LogP contribution is -2.01. The van der Waals surface area contributed by atoms with Crippen LogP contribution in [0.5, 0.6) is 0 Å². The van der Waals surface area contributed by atoms with E-state index in [0.29, 0.717) is 12.8 Å². The molecular formula is C14H16F2O3. The number of carbonyl (C=O) groups excluding carboxylic acids is 1. The van der Waals surface area contributed by atoms with E-state index in [2.05, 4.69) is 0 Å². The van der Waals surface area contributed by atoms with Crippen molar-refractivity contribution >= 4 is 11.8 Å². The van der Waals surface area contributed by atoms with Crippen molar-refractivity contribution in [2.45, 2.75) is 38.5 Å². The number of carboxylic acid groups (broad SMARTS) is 1. The minimum absolute atomic E-state index is 0.136. The summed E-state index contributed by atoms with van der Waals surface area (Å²) in [5, 5.41) is 8.44. The molecule has 0 saturated carbocycles. The van der Waals surface area contributed by atoms with Crippen molar-refractivity contribution in [1.82, 2.24) is 0 Å². The second kappa shape index (κ2) is 7.61. The van der Waals surface area contributed by atoms with Crippen LogP contribution in [0.15, 0.2) is 18.2 Å². The van der Waals surface area contributed by atoms with E-state index < -0.39 is 17.6 Å². The molecule has 0 saturated heterocycles. The first-order chi connectivity index (χ1) is 9.00. The first kappa shape index (κ1) is 15.3. The highest BCUT2D eigenvalue weighted by Crippen LogP contribution is 2.13. The Morgan fingerprint density at radius 2 is 1.58 bits per heavy atom. The summed E-state index contributed by atoms with van der Waals surface area (Å²) in [6.45, 7) is 0. The molecule has 0 fully saturated rings. The van der Waals surface area contributed by atoms with Gasteiger partial charge in [-0.3, -0.25) is 9.59 Å². The van der Waals surface area contributed by atoms with Gasteiger partial charge in [-0.05, 0) is 31.0 Å². The lowest BCUT2D eigenvalue weighted by Gasteiger charge is -2.02. The van der Waals surface area contributed by atoms with Gasteiger partial charge in [-0.1, -0.05) is 12.8 Å². The molecule has 0 heterocycles. The maximum Gasteiger partial charge on any atom is 0.303 e. The summed E-state index contributed by atoms with van der Waals surface area (Å²) in [7, 11) is 0. The number of unbranched alkanes of at least 4 members (excludes halogenated alkanes) is 3. The number of rotatable bonds is 8. The van der Waals surface area contributed by atoms with E-state index in [1.807, 2.05) is 0 Å². The minimum Gasteiger partial charge on any atom is -0.481 e. The van der Waals surface area contributed by atoms with E-state index in [9.17, 15) is 18.4 Å². The van der Waals surface area contributed by atoms with Crippen LogP contribution in [0.25, 0.3) is 0 Å². The Bertz CT molecular complexity index is 458. The van der Waals surface area contributed by atoms with Gasteiger partial charge >= 0.3 is 5.97 Å². The first-order valence-electron chi connectivity index (χ1n) is 6.20. The van der Waals surface area contributed by atoms with Crippen LogP contribution in [0.3, 0.4) is 0 Å². The molecule has 0 aliphatic heterocycles. The second-order valence-corrected chi connectivity index (χ2v) is 4.36. The molecule has 0 aliphatic rings. The van der Waals surface area contributed by atoms with Crippen molar-refractivity contribution in [3.63, 3.8) is 0 Å². The molecule has 0 radical (unpaired) electrons. The summed E-state index contributed by atoms with van der Waals surface area (Å²) >= 11 is 0. The number of hydrogen-bond donors (Lipinski definition) is 1. The van der Waals surface area contributed by atoms with Crippen molar-refractivity contribution in [3.05, 3.63) is 35.4 Å². The monoisotopic (exact) mass is 270 g/mol. The van der Waals surface area contributed by atoms with E-state index in [-0.39, 0.29) is 24.2 Å². The summed E-state index contributed by atoms with van der Waals surface area (Å²) in [6, 6.07) is 3.11. The summed E-state index contributed by atoms with van der Waals surface area (Å²) in [5.41, 5.74) is 0.171. The van der Waals surface area contributed by atoms with Gasteiger partial charge in [-0.15, -0.1) is 0 Å². The van der Waals surface area contributed by atoms with Crippen LogP contribution in [0.2, 0.25) is 0 Å². The zero-order valence-corrected chi connectivity index (χ0v) is 10.5. The quantitative estimate of drug-likeness (QED) is 0.580. The molecule has 5 heteroatoms. The highest BCUT2D eigenvalue weighted by Gasteiger charge is 2.09. The van der Waals surface area contributed by atoms with Gasteiger partial charge < -0.3 is 5.11 Å². The fraction of sp³-hybridized carbons (Fsp3) is 0.429. The molecule has 0 amide bonds. The van der Waals surface area contributed by atoms with Crippen LogP contribution in [0, 0.1) is 11.6 Å². The fourth-order valence-corrected chi connectivity index (χ4v) is 1.73. The van der Waals surface area contributed by atoms with Gasteiger partial charge in [0.15, 0.2) is 17.4 Å². The molecule has 19 heavy (non-hydrogen) atoms. The van der Waals surface area contributed by atoms with Crippen LogP contribution in [-0.2, 0) is 4.79 Å². The number of carboxylic acids is 1. The van der Waals surface area contributed by atoms with E-state index in [1.54, 1.807) is 0 Å². The fourth-order valence-electron chi connectivity index (χ4n) is 1.73. The lowest BCUT2D eigenvalue weighted by atomic mass is 10.0. The Hall–Kier alpha value is -1.78. The molecule has 1 aromatic rings. The number of Topliss-reactive ketones (excluding diaryl/α,β-unsaturated/α-hetero) is 1. The average molecular weight is 270 g/mol. The van der Waals surface area contributed by atoms with E-state index in [4.69, 9.17) is 5.11 Å². The smallest absolute Gasteiger partial charge is 0.303 e. The summed E-state index contributed by atoms with van der Waals surface area (Å²) in [4.78, 5) is 21.9. The maximum absolute atomic E-state index is 12.9. The summed E-state index contributed by atoms with van der Waals surface area (Å²) in [6.07, 6.45) is 3.11. The molecule has 0 unspecified atom stereocenters. The standard InChI is InChI=1S/C14H16F2O3/c15-11-8-7-10(9-12(11)16)13(17)5-3-1-2-4-6-14(18)19/h7-9H,1-6H2,(H,18,19). The van der Waals surface area contributed by atoms with Gasteiger partial charge in [-0.2, -0.15) is 0 Å². The molecule has 0 atom stereocenters. The van der Waals surface area contributed by atoms with Gasteiger partial charge in [0.2, 0.25) is 0 Å². The Morgan fingerprint density at radius 1 is 0.947 bits per heavy atom. The molecule has 0 aliphatic carbocycles. The van der Waals surface area contributed by atoms with Gasteiger partial charge in [0.25, 0.3) is 0 Å². The van der Waals surface area contributed by atoms with Gasteiger partial charge in [-0.25, -0.2) is 8.78 Å². The van der Waals surface area contributed by atoms with Crippen molar-refractivity contribution in [2.24, 2.45) is 0 Å². The Balaban J connectivity index is 2.27. The number of ketones is 1. The molecule has 3 nitrogen and oxygen atoms in total. The SMILES string of the molecule is O=C(O)CCCCCCC(=O)c1ccc(F)c(F)c1. The van der Waals surface area contributed by atoms with Crippen LogP contribution in [0.4, 0.5) is 8.78 Å². The molecule has 1 aromatic carbocycles. The van der Waals surface area contributed by atoms with Crippen molar-refractivity contribution < 1.29 is 23.5 Å². The van der Waals surface area contributed by atoms with E-state index >= 15 is 0 Å².